The molecule has 0 unspecified atom stereocenters. The largest absolute Gasteiger partial charge is 0.482 e. The molecule has 0 saturated carbocycles. The van der Waals surface area contributed by atoms with Crippen LogP contribution >= 0.6 is 15.9 Å². The molecule has 1 aliphatic heterocycles. The molecular formula is C12H15BrN2O5S. The molecule has 116 valence electrons. The van der Waals surface area contributed by atoms with Gasteiger partial charge in [-0.25, -0.2) is 13.6 Å². The summed E-state index contributed by atoms with van der Waals surface area (Å²) in [5, 5.41) is 5.14. The Morgan fingerprint density at radius 2 is 2.05 bits per heavy atom. The first-order chi connectivity index (χ1) is 9.88. The average Bonchev–Trinajstić information content (AvgIpc) is 2.45. The Morgan fingerprint density at radius 3 is 2.67 bits per heavy atom. The van der Waals surface area contributed by atoms with Crippen LogP contribution in [0.4, 0.5) is 0 Å². The summed E-state index contributed by atoms with van der Waals surface area (Å²) in [4.78, 5) is 13.4. The first kappa shape index (κ1) is 16.2. The van der Waals surface area contributed by atoms with Gasteiger partial charge in [0.05, 0.1) is 13.2 Å². The highest BCUT2D eigenvalue weighted by Gasteiger charge is 2.20. The first-order valence-corrected chi connectivity index (χ1v) is 8.52. The molecule has 0 radical (unpaired) electrons. The summed E-state index contributed by atoms with van der Waals surface area (Å²) in [5.74, 6) is -0.163. The fraction of sp³-hybridized carbons (Fsp3) is 0.417. The molecule has 0 spiro atoms. The third-order valence-electron chi connectivity index (χ3n) is 2.93. The Bertz CT molecular complexity index is 629. The van der Waals surface area contributed by atoms with E-state index >= 15 is 0 Å². The Balaban J connectivity index is 2.08. The fourth-order valence-electron chi connectivity index (χ4n) is 1.87. The number of ether oxygens (including phenoxy) is 2. The van der Waals surface area contributed by atoms with Gasteiger partial charge in [0.15, 0.2) is 6.61 Å². The fourth-order valence-corrected chi connectivity index (χ4v) is 3.08. The molecule has 1 aromatic rings. The van der Waals surface area contributed by atoms with Crippen LogP contribution in [0.5, 0.6) is 5.75 Å². The molecule has 1 saturated heterocycles. The Morgan fingerprint density at radius 1 is 1.38 bits per heavy atom. The van der Waals surface area contributed by atoms with Gasteiger partial charge in [-0.3, -0.25) is 4.79 Å². The van der Waals surface area contributed by atoms with Crippen LogP contribution < -0.4 is 9.88 Å². The highest BCUT2D eigenvalue weighted by Crippen LogP contribution is 2.26. The number of amides is 1. The number of primary sulfonamides is 1. The van der Waals surface area contributed by atoms with Crippen LogP contribution in [0.25, 0.3) is 0 Å². The van der Waals surface area contributed by atoms with E-state index in [1.807, 2.05) is 0 Å². The van der Waals surface area contributed by atoms with Crippen molar-refractivity contribution in [1.82, 2.24) is 4.90 Å². The Hall–Kier alpha value is -1.16. The highest BCUT2D eigenvalue weighted by molar-refractivity contribution is 9.10. The molecule has 0 bridgehead atoms. The number of hydrogen-bond donors (Lipinski definition) is 1. The molecule has 2 rings (SSSR count). The lowest BCUT2D eigenvalue weighted by Crippen LogP contribution is -2.43. The van der Waals surface area contributed by atoms with E-state index in [1.54, 1.807) is 11.0 Å². The lowest BCUT2D eigenvalue weighted by Gasteiger charge is -2.26. The molecule has 0 atom stereocenters. The molecule has 9 heteroatoms. The van der Waals surface area contributed by atoms with Crippen LogP contribution in [-0.4, -0.2) is 52.1 Å². The maximum atomic E-state index is 12.0. The highest BCUT2D eigenvalue weighted by atomic mass is 79.9. The minimum Gasteiger partial charge on any atom is -0.482 e. The normalized spacial score (nSPS) is 15.8. The molecule has 0 aromatic heterocycles. The van der Waals surface area contributed by atoms with Crippen molar-refractivity contribution in [2.75, 3.05) is 32.9 Å². The maximum absolute atomic E-state index is 12.0. The van der Waals surface area contributed by atoms with Gasteiger partial charge < -0.3 is 14.4 Å². The van der Waals surface area contributed by atoms with E-state index in [9.17, 15) is 13.2 Å². The first-order valence-electron chi connectivity index (χ1n) is 6.18. The van der Waals surface area contributed by atoms with E-state index in [2.05, 4.69) is 15.9 Å². The van der Waals surface area contributed by atoms with Crippen molar-refractivity contribution in [3.8, 4) is 5.75 Å². The van der Waals surface area contributed by atoms with Gasteiger partial charge in [0.1, 0.15) is 10.6 Å². The van der Waals surface area contributed by atoms with Crippen molar-refractivity contribution in [2.45, 2.75) is 4.90 Å². The van der Waals surface area contributed by atoms with E-state index in [1.165, 1.54) is 12.1 Å². The lowest BCUT2D eigenvalue weighted by atomic mass is 10.3. The van der Waals surface area contributed by atoms with E-state index in [0.717, 1.165) is 0 Å². The standard InChI is InChI=1S/C12H15BrN2O5S/c13-9-1-2-10(11(7-9)21(14,17)18)20-8-12(16)15-3-5-19-6-4-15/h1-2,7H,3-6,8H2,(H2,14,17,18). The van der Waals surface area contributed by atoms with Gasteiger partial charge in [-0.15, -0.1) is 0 Å². The summed E-state index contributed by atoms with van der Waals surface area (Å²) in [7, 11) is -3.93. The zero-order chi connectivity index (χ0) is 15.5. The van der Waals surface area contributed by atoms with Crippen molar-refractivity contribution >= 4 is 31.9 Å². The maximum Gasteiger partial charge on any atom is 0.260 e. The number of hydrogen-bond acceptors (Lipinski definition) is 5. The summed E-state index contributed by atoms with van der Waals surface area (Å²) in [6.45, 7) is 1.75. The average molecular weight is 379 g/mol. The van der Waals surface area contributed by atoms with E-state index in [0.29, 0.717) is 30.8 Å². The lowest BCUT2D eigenvalue weighted by molar-refractivity contribution is -0.137. The molecule has 1 amide bonds. The van der Waals surface area contributed by atoms with Crippen LogP contribution in [0.2, 0.25) is 0 Å². The van der Waals surface area contributed by atoms with E-state index < -0.39 is 10.0 Å². The smallest absolute Gasteiger partial charge is 0.260 e. The summed E-state index contributed by atoms with van der Waals surface area (Å²) in [6, 6.07) is 4.41. The SMILES string of the molecule is NS(=O)(=O)c1cc(Br)ccc1OCC(=O)N1CCOCC1. The predicted molar refractivity (Wildman–Crippen MR) is 78.4 cm³/mol. The minimum atomic E-state index is -3.93. The molecule has 0 aliphatic carbocycles. The number of halogens is 1. The van der Waals surface area contributed by atoms with Gasteiger partial charge in [-0.05, 0) is 18.2 Å². The van der Waals surface area contributed by atoms with Crippen LogP contribution in [0, 0.1) is 0 Å². The molecule has 2 N–H and O–H groups in total. The predicted octanol–water partition coefficient (Wildman–Crippen LogP) is 0.334. The van der Waals surface area contributed by atoms with Gasteiger partial charge >= 0.3 is 0 Å². The van der Waals surface area contributed by atoms with Gasteiger partial charge in [0, 0.05) is 17.6 Å². The zero-order valence-electron chi connectivity index (χ0n) is 11.1. The summed E-state index contributed by atoms with van der Waals surface area (Å²) in [6.07, 6.45) is 0. The summed E-state index contributed by atoms with van der Waals surface area (Å²) < 4.78 is 34.1. The number of carbonyl (C=O) groups excluding carboxylic acids is 1. The number of rotatable bonds is 4. The van der Waals surface area contributed by atoms with Crippen LogP contribution in [0.15, 0.2) is 27.6 Å². The number of nitrogens with two attached hydrogens (primary N) is 1. The third-order valence-corrected chi connectivity index (χ3v) is 4.35. The second-order valence-electron chi connectivity index (χ2n) is 4.42. The topological polar surface area (TPSA) is 98.9 Å². The van der Waals surface area contributed by atoms with Crippen LogP contribution in [0.1, 0.15) is 0 Å². The molecule has 21 heavy (non-hydrogen) atoms. The molecule has 1 aromatic carbocycles. The molecule has 1 heterocycles. The van der Waals surface area contributed by atoms with Gasteiger partial charge in [0.25, 0.3) is 5.91 Å². The third kappa shape index (κ3) is 4.40. The van der Waals surface area contributed by atoms with Gasteiger partial charge in [0.2, 0.25) is 10.0 Å². The monoisotopic (exact) mass is 378 g/mol. The second-order valence-corrected chi connectivity index (χ2v) is 6.86. The zero-order valence-corrected chi connectivity index (χ0v) is 13.5. The number of sulfonamides is 1. The Kier molecular flexibility index (Phi) is 5.20. The van der Waals surface area contributed by atoms with Gasteiger partial charge in [-0.2, -0.15) is 0 Å². The van der Waals surface area contributed by atoms with Crippen LogP contribution in [-0.2, 0) is 19.6 Å². The van der Waals surface area contributed by atoms with Crippen molar-refractivity contribution in [2.24, 2.45) is 5.14 Å². The van der Waals surface area contributed by atoms with Crippen molar-refractivity contribution in [3.63, 3.8) is 0 Å². The second kappa shape index (κ2) is 6.73. The van der Waals surface area contributed by atoms with Gasteiger partial charge in [-0.1, -0.05) is 15.9 Å². The quantitative estimate of drug-likeness (QED) is 0.813. The number of benzene rings is 1. The molecular weight excluding hydrogens is 364 g/mol. The Labute approximate surface area is 131 Å². The molecule has 7 nitrogen and oxygen atoms in total. The molecule has 1 fully saturated rings. The summed E-state index contributed by atoms with van der Waals surface area (Å²) in [5.41, 5.74) is 0. The minimum absolute atomic E-state index is 0.0577. The van der Waals surface area contributed by atoms with Crippen molar-refractivity contribution in [1.29, 1.82) is 0 Å². The van der Waals surface area contributed by atoms with Crippen LogP contribution in [0.3, 0.4) is 0 Å². The van der Waals surface area contributed by atoms with E-state index in [-0.39, 0.29) is 23.2 Å². The van der Waals surface area contributed by atoms with Crippen molar-refractivity contribution < 1.29 is 22.7 Å². The molecule has 1 aliphatic rings. The summed E-state index contributed by atoms with van der Waals surface area (Å²) >= 11 is 3.17. The number of nitrogens with zero attached hydrogens (tertiary/aromatic N) is 1. The number of carbonyl (C=O) groups is 1. The number of morpholine rings is 1. The van der Waals surface area contributed by atoms with Crippen molar-refractivity contribution in [3.05, 3.63) is 22.7 Å². The van der Waals surface area contributed by atoms with E-state index in [4.69, 9.17) is 14.6 Å².